The number of benzene rings is 1. The van der Waals surface area contributed by atoms with Crippen molar-refractivity contribution in [1.29, 1.82) is 0 Å². The first kappa shape index (κ1) is 13.0. The molecule has 0 saturated heterocycles. The summed E-state index contributed by atoms with van der Waals surface area (Å²) in [6, 6.07) is 4.77. The van der Waals surface area contributed by atoms with Gasteiger partial charge in [0.15, 0.2) is 12.9 Å². The fourth-order valence-corrected chi connectivity index (χ4v) is 1.20. The summed E-state index contributed by atoms with van der Waals surface area (Å²) in [5.41, 5.74) is 0.384. The van der Waals surface area contributed by atoms with E-state index in [9.17, 15) is 9.59 Å². The highest BCUT2D eigenvalue weighted by Gasteiger charge is 2.06. The molecule has 0 unspecified atom stereocenters. The minimum absolute atomic E-state index is 0.192. The molecule has 0 amide bonds. The van der Waals surface area contributed by atoms with Crippen LogP contribution in [0, 0.1) is 0 Å². The van der Waals surface area contributed by atoms with Gasteiger partial charge in [0.05, 0.1) is 19.3 Å². The van der Waals surface area contributed by atoms with Gasteiger partial charge in [-0.3, -0.25) is 4.79 Å². The number of aldehydes is 1. The van der Waals surface area contributed by atoms with Crippen molar-refractivity contribution in [2.24, 2.45) is 0 Å². The molecule has 0 aliphatic heterocycles. The number of methoxy groups -OCH3 is 1. The summed E-state index contributed by atoms with van der Waals surface area (Å²) in [6.07, 6.45) is 0.677. The Morgan fingerprint density at radius 2 is 2.12 bits per heavy atom. The van der Waals surface area contributed by atoms with Crippen LogP contribution in [0.1, 0.15) is 17.3 Å². The lowest BCUT2D eigenvalue weighted by Crippen LogP contribution is -2.12. The number of rotatable bonds is 6. The van der Waals surface area contributed by atoms with E-state index in [1.165, 1.54) is 13.2 Å². The molecule has 0 radical (unpaired) electrons. The van der Waals surface area contributed by atoms with Gasteiger partial charge in [-0.2, -0.15) is 0 Å². The van der Waals surface area contributed by atoms with E-state index >= 15 is 0 Å². The first-order valence-electron chi connectivity index (χ1n) is 5.13. The quantitative estimate of drug-likeness (QED) is 0.554. The lowest BCUT2D eigenvalue weighted by Gasteiger charge is -2.09. The van der Waals surface area contributed by atoms with Gasteiger partial charge in [0.2, 0.25) is 0 Å². The van der Waals surface area contributed by atoms with E-state index in [0.717, 1.165) is 0 Å². The molecule has 0 saturated carbocycles. The molecule has 0 spiro atoms. The Morgan fingerprint density at radius 1 is 1.35 bits per heavy atom. The highest BCUT2D eigenvalue weighted by molar-refractivity contribution is 5.80. The summed E-state index contributed by atoms with van der Waals surface area (Å²) in [5, 5.41) is 0. The van der Waals surface area contributed by atoms with Crippen LogP contribution < -0.4 is 9.47 Å². The van der Waals surface area contributed by atoms with Gasteiger partial charge < -0.3 is 14.2 Å². The maximum absolute atomic E-state index is 10.9. The highest BCUT2D eigenvalue weighted by atomic mass is 16.6. The van der Waals surface area contributed by atoms with Crippen molar-refractivity contribution in [2.75, 3.05) is 20.3 Å². The van der Waals surface area contributed by atoms with Crippen molar-refractivity contribution < 1.29 is 23.8 Å². The van der Waals surface area contributed by atoms with E-state index in [0.29, 0.717) is 30.0 Å². The van der Waals surface area contributed by atoms with Crippen molar-refractivity contribution in [3.05, 3.63) is 23.8 Å². The normalized spacial score (nSPS) is 9.53. The van der Waals surface area contributed by atoms with Crippen LogP contribution in [-0.4, -0.2) is 32.6 Å². The van der Waals surface area contributed by atoms with Crippen molar-refractivity contribution in [1.82, 2.24) is 0 Å². The molecular formula is C12H14O5. The van der Waals surface area contributed by atoms with Crippen LogP contribution in [0.3, 0.4) is 0 Å². The fourth-order valence-electron chi connectivity index (χ4n) is 1.20. The van der Waals surface area contributed by atoms with E-state index < -0.39 is 5.97 Å². The number of carbonyl (C=O) groups excluding carboxylic acids is 2. The number of hydrogen-bond acceptors (Lipinski definition) is 5. The molecule has 1 rings (SSSR count). The van der Waals surface area contributed by atoms with Crippen molar-refractivity contribution in [2.45, 2.75) is 6.92 Å². The van der Waals surface area contributed by atoms with Gasteiger partial charge in [-0.25, -0.2) is 4.79 Å². The summed E-state index contributed by atoms with van der Waals surface area (Å²) >= 11 is 0. The molecule has 1 aromatic rings. The zero-order valence-corrected chi connectivity index (χ0v) is 9.76. The van der Waals surface area contributed by atoms with Crippen LogP contribution in [0.15, 0.2) is 18.2 Å². The summed E-state index contributed by atoms with van der Waals surface area (Å²) in [7, 11) is 1.28. The second-order valence-corrected chi connectivity index (χ2v) is 3.12. The topological polar surface area (TPSA) is 61.8 Å². The Hall–Kier alpha value is -2.04. The van der Waals surface area contributed by atoms with Gasteiger partial charge in [0, 0.05) is 0 Å². The van der Waals surface area contributed by atoms with Gasteiger partial charge in [-0.05, 0) is 25.1 Å². The Labute approximate surface area is 99.3 Å². The average molecular weight is 238 g/mol. The van der Waals surface area contributed by atoms with Gasteiger partial charge in [0.25, 0.3) is 0 Å². The van der Waals surface area contributed by atoms with Crippen molar-refractivity contribution >= 4 is 12.3 Å². The third-order valence-corrected chi connectivity index (χ3v) is 1.99. The zero-order chi connectivity index (χ0) is 12.7. The molecule has 0 aliphatic rings. The first-order chi connectivity index (χ1) is 8.21. The molecule has 92 valence electrons. The predicted octanol–water partition coefficient (Wildman–Crippen LogP) is 1.45. The van der Waals surface area contributed by atoms with E-state index in [1.54, 1.807) is 12.1 Å². The van der Waals surface area contributed by atoms with E-state index in [4.69, 9.17) is 9.47 Å². The SMILES string of the molecule is CCOc1ccc(OCC(=O)OC)cc1C=O. The maximum atomic E-state index is 10.9. The molecule has 1 aromatic carbocycles. The van der Waals surface area contributed by atoms with Crippen LogP contribution in [0.4, 0.5) is 0 Å². The Balaban J connectivity index is 2.75. The standard InChI is InChI=1S/C12H14O5/c1-3-16-11-5-4-10(6-9(11)7-13)17-8-12(14)15-2/h4-7H,3,8H2,1-2H3. The van der Waals surface area contributed by atoms with Gasteiger partial charge >= 0.3 is 5.97 Å². The minimum atomic E-state index is -0.480. The van der Waals surface area contributed by atoms with Crippen molar-refractivity contribution in [3.63, 3.8) is 0 Å². The zero-order valence-electron chi connectivity index (χ0n) is 9.76. The molecule has 0 aliphatic carbocycles. The minimum Gasteiger partial charge on any atom is -0.493 e. The number of ether oxygens (including phenoxy) is 3. The molecular weight excluding hydrogens is 224 g/mol. The molecule has 0 bridgehead atoms. The van der Waals surface area contributed by atoms with Crippen LogP contribution in [0.2, 0.25) is 0 Å². The summed E-state index contributed by atoms with van der Waals surface area (Å²) in [5.74, 6) is 0.431. The monoisotopic (exact) mass is 238 g/mol. The molecule has 0 atom stereocenters. The highest BCUT2D eigenvalue weighted by Crippen LogP contribution is 2.22. The third kappa shape index (κ3) is 3.79. The molecule has 0 N–H and O–H groups in total. The lowest BCUT2D eigenvalue weighted by molar-refractivity contribution is -0.142. The second-order valence-electron chi connectivity index (χ2n) is 3.12. The molecule has 5 nitrogen and oxygen atoms in total. The molecule has 17 heavy (non-hydrogen) atoms. The molecule has 0 aromatic heterocycles. The van der Waals surface area contributed by atoms with Crippen LogP contribution >= 0.6 is 0 Å². The Kier molecular flexibility index (Phi) is 5.00. The van der Waals surface area contributed by atoms with E-state index in [2.05, 4.69) is 4.74 Å². The number of carbonyl (C=O) groups is 2. The Bertz CT molecular complexity index is 400. The number of esters is 1. The molecule has 0 heterocycles. The second kappa shape index (κ2) is 6.52. The van der Waals surface area contributed by atoms with Crippen LogP contribution in [-0.2, 0) is 9.53 Å². The smallest absolute Gasteiger partial charge is 0.343 e. The summed E-state index contributed by atoms with van der Waals surface area (Å²) < 4.78 is 14.8. The largest absolute Gasteiger partial charge is 0.493 e. The maximum Gasteiger partial charge on any atom is 0.343 e. The Morgan fingerprint density at radius 3 is 2.71 bits per heavy atom. The van der Waals surface area contributed by atoms with Crippen LogP contribution in [0.25, 0.3) is 0 Å². The van der Waals surface area contributed by atoms with Crippen molar-refractivity contribution in [3.8, 4) is 11.5 Å². The van der Waals surface area contributed by atoms with Crippen LogP contribution in [0.5, 0.6) is 11.5 Å². The van der Waals surface area contributed by atoms with E-state index in [-0.39, 0.29) is 6.61 Å². The van der Waals surface area contributed by atoms with Gasteiger partial charge in [0.1, 0.15) is 11.5 Å². The lowest BCUT2D eigenvalue weighted by atomic mass is 10.2. The predicted molar refractivity (Wildman–Crippen MR) is 60.5 cm³/mol. The fraction of sp³-hybridized carbons (Fsp3) is 0.333. The van der Waals surface area contributed by atoms with Gasteiger partial charge in [-0.1, -0.05) is 0 Å². The third-order valence-electron chi connectivity index (χ3n) is 1.99. The molecule has 0 fully saturated rings. The summed E-state index contributed by atoms with van der Waals surface area (Å²) in [6.45, 7) is 2.11. The molecule has 5 heteroatoms. The van der Waals surface area contributed by atoms with E-state index in [1.807, 2.05) is 6.92 Å². The first-order valence-corrected chi connectivity index (χ1v) is 5.13. The number of hydrogen-bond donors (Lipinski definition) is 0. The summed E-state index contributed by atoms with van der Waals surface area (Å²) in [4.78, 5) is 21.7. The average Bonchev–Trinajstić information content (AvgIpc) is 2.37. The van der Waals surface area contributed by atoms with Gasteiger partial charge in [-0.15, -0.1) is 0 Å².